The van der Waals surface area contributed by atoms with E-state index in [1.165, 1.54) is 0 Å². The molecular formula is C21H34N6O2. The zero-order valence-corrected chi connectivity index (χ0v) is 17.8. The number of piperazine rings is 1. The Kier molecular flexibility index (Phi) is 9.27. The van der Waals surface area contributed by atoms with Gasteiger partial charge in [0.05, 0.1) is 13.1 Å². The predicted molar refractivity (Wildman–Crippen MR) is 117 cm³/mol. The van der Waals surface area contributed by atoms with Crippen molar-refractivity contribution in [3.8, 4) is 0 Å². The van der Waals surface area contributed by atoms with Crippen LogP contribution < -0.4 is 20.9 Å². The molecule has 0 aromatic heterocycles. The minimum atomic E-state index is 0.0609. The molecule has 2 amide bonds. The molecule has 1 fully saturated rings. The molecule has 1 aliphatic rings. The maximum absolute atomic E-state index is 12.1. The molecule has 29 heavy (non-hydrogen) atoms. The molecule has 1 aliphatic heterocycles. The first-order valence-corrected chi connectivity index (χ1v) is 10.5. The normalized spacial score (nSPS) is 14.4. The molecule has 0 radical (unpaired) electrons. The summed E-state index contributed by atoms with van der Waals surface area (Å²) in [5.41, 5.74) is 2.14. The van der Waals surface area contributed by atoms with E-state index in [9.17, 15) is 9.59 Å². The summed E-state index contributed by atoms with van der Waals surface area (Å²) in [5, 5.41) is 9.28. The van der Waals surface area contributed by atoms with Gasteiger partial charge in [0.25, 0.3) is 0 Å². The van der Waals surface area contributed by atoms with E-state index in [-0.39, 0.29) is 11.8 Å². The van der Waals surface area contributed by atoms with E-state index >= 15 is 0 Å². The number of carbonyl (C=O) groups excluding carboxylic acids is 2. The van der Waals surface area contributed by atoms with Crippen molar-refractivity contribution in [1.82, 2.24) is 20.9 Å². The number of carbonyl (C=O) groups is 2. The maximum Gasteiger partial charge on any atom is 0.239 e. The van der Waals surface area contributed by atoms with Gasteiger partial charge in [0.2, 0.25) is 11.8 Å². The van der Waals surface area contributed by atoms with Gasteiger partial charge in [-0.25, -0.2) is 4.99 Å². The number of nitrogens with one attached hydrogen (secondary N) is 3. The third-order valence-electron chi connectivity index (χ3n) is 4.85. The number of amides is 2. The van der Waals surface area contributed by atoms with Gasteiger partial charge in [-0.05, 0) is 38.5 Å². The van der Waals surface area contributed by atoms with E-state index in [2.05, 4.69) is 25.8 Å². The van der Waals surface area contributed by atoms with Gasteiger partial charge in [-0.2, -0.15) is 0 Å². The molecule has 160 valence electrons. The Labute approximate surface area is 173 Å². The van der Waals surface area contributed by atoms with Crippen molar-refractivity contribution in [3.63, 3.8) is 0 Å². The summed E-state index contributed by atoms with van der Waals surface area (Å²) in [7, 11) is 0. The lowest BCUT2D eigenvalue weighted by Crippen LogP contribution is -2.47. The summed E-state index contributed by atoms with van der Waals surface area (Å²) in [6.45, 7) is 11.2. The van der Waals surface area contributed by atoms with Gasteiger partial charge in [-0.3, -0.25) is 9.59 Å². The molecule has 2 rings (SSSR count). The number of rotatable bonds is 9. The van der Waals surface area contributed by atoms with Crippen molar-refractivity contribution < 1.29 is 9.59 Å². The van der Waals surface area contributed by atoms with Crippen LogP contribution >= 0.6 is 0 Å². The van der Waals surface area contributed by atoms with Gasteiger partial charge < -0.3 is 25.8 Å². The molecule has 0 atom stereocenters. The fourth-order valence-corrected chi connectivity index (χ4v) is 3.21. The van der Waals surface area contributed by atoms with Gasteiger partial charge in [-0.1, -0.05) is 12.1 Å². The average molecular weight is 403 g/mol. The molecule has 0 bridgehead atoms. The van der Waals surface area contributed by atoms with Crippen molar-refractivity contribution in [1.29, 1.82) is 0 Å². The number of nitrogens with zero attached hydrogens (tertiary/aromatic N) is 3. The number of anilines is 1. The highest BCUT2D eigenvalue weighted by Crippen LogP contribution is 2.16. The maximum atomic E-state index is 12.1. The summed E-state index contributed by atoms with van der Waals surface area (Å²) in [5.74, 6) is 0.919. The van der Waals surface area contributed by atoms with Gasteiger partial charge >= 0.3 is 0 Å². The van der Waals surface area contributed by atoms with Gasteiger partial charge in [0.1, 0.15) is 0 Å². The molecule has 0 aliphatic carbocycles. The number of guanidine groups is 1. The molecule has 1 aromatic carbocycles. The standard InChI is InChI=1S/C21H34N6O2/c1-4-22-21(24-12-11-20(29)26(5-2)6-3)25-15-17-7-9-18(10-8-17)27-14-13-23-19(28)16-27/h7-10H,4-6,11-16H2,1-3H3,(H,23,28)(H2,22,24,25). The Hall–Kier alpha value is -2.77. The molecule has 1 heterocycles. The molecule has 3 N–H and O–H groups in total. The summed E-state index contributed by atoms with van der Waals surface area (Å²) >= 11 is 0. The van der Waals surface area contributed by atoms with E-state index in [1.54, 1.807) is 0 Å². The lowest BCUT2D eigenvalue weighted by molar-refractivity contribution is -0.130. The highest BCUT2D eigenvalue weighted by atomic mass is 16.2. The zero-order chi connectivity index (χ0) is 21.1. The van der Waals surface area contributed by atoms with Crippen molar-refractivity contribution in [2.24, 2.45) is 4.99 Å². The van der Waals surface area contributed by atoms with E-state index < -0.39 is 0 Å². The Balaban J connectivity index is 1.87. The lowest BCUT2D eigenvalue weighted by atomic mass is 10.2. The monoisotopic (exact) mass is 402 g/mol. The summed E-state index contributed by atoms with van der Waals surface area (Å²) in [4.78, 5) is 32.2. The minimum Gasteiger partial charge on any atom is -0.360 e. The molecule has 0 saturated carbocycles. The predicted octanol–water partition coefficient (Wildman–Crippen LogP) is 0.936. The van der Waals surface area contributed by atoms with Crippen LogP contribution in [0, 0.1) is 0 Å². The second-order valence-electron chi connectivity index (χ2n) is 6.88. The SMILES string of the molecule is CCNC(=NCc1ccc(N2CCNC(=O)C2)cc1)NCCC(=O)N(CC)CC. The van der Waals surface area contributed by atoms with E-state index in [1.807, 2.05) is 49.9 Å². The first-order chi connectivity index (χ1) is 14.1. The Morgan fingerprint density at radius 2 is 1.90 bits per heavy atom. The smallest absolute Gasteiger partial charge is 0.239 e. The molecular weight excluding hydrogens is 368 g/mol. The highest BCUT2D eigenvalue weighted by molar-refractivity contribution is 5.83. The Bertz CT molecular complexity index is 685. The van der Waals surface area contributed by atoms with Crippen LogP contribution in [-0.4, -0.2) is 68.5 Å². The Morgan fingerprint density at radius 3 is 2.52 bits per heavy atom. The second-order valence-corrected chi connectivity index (χ2v) is 6.88. The number of aliphatic imine (C=N–C) groups is 1. The quantitative estimate of drug-likeness (QED) is 0.423. The average Bonchev–Trinajstić information content (AvgIpc) is 2.73. The van der Waals surface area contributed by atoms with Crippen molar-refractivity contribution in [3.05, 3.63) is 29.8 Å². The van der Waals surface area contributed by atoms with E-state index in [0.717, 1.165) is 37.4 Å². The zero-order valence-electron chi connectivity index (χ0n) is 17.8. The lowest BCUT2D eigenvalue weighted by Gasteiger charge is -2.28. The van der Waals surface area contributed by atoms with Crippen LogP contribution in [-0.2, 0) is 16.1 Å². The van der Waals surface area contributed by atoms with E-state index in [0.29, 0.717) is 38.6 Å². The largest absolute Gasteiger partial charge is 0.360 e. The van der Waals surface area contributed by atoms with Crippen LogP contribution in [0.2, 0.25) is 0 Å². The van der Waals surface area contributed by atoms with Crippen molar-refractivity contribution in [2.45, 2.75) is 33.7 Å². The van der Waals surface area contributed by atoms with Crippen molar-refractivity contribution in [2.75, 3.05) is 50.7 Å². The molecule has 1 aromatic rings. The molecule has 0 unspecified atom stereocenters. The van der Waals surface area contributed by atoms with Crippen LogP contribution in [0.25, 0.3) is 0 Å². The fraction of sp³-hybridized carbons (Fsp3) is 0.571. The van der Waals surface area contributed by atoms with Crippen LogP contribution in [0.1, 0.15) is 32.8 Å². The third kappa shape index (κ3) is 7.29. The summed E-state index contributed by atoms with van der Waals surface area (Å²) in [6.07, 6.45) is 0.449. The first-order valence-electron chi connectivity index (χ1n) is 10.5. The topological polar surface area (TPSA) is 89.1 Å². The molecule has 8 heteroatoms. The minimum absolute atomic E-state index is 0.0609. The third-order valence-corrected chi connectivity index (χ3v) is 4.85. The second kappa shape index (κ2) is 11.9. The highest BCUT2D eigenvalue weighted by Gasteiger charge is 2.16. The van der Waals surface area contributed by atoms with E-state index in [4.69, 9.17) is 0 Å². The Morgan fingerprint density at radius 1 is 1.17 bits per heavy atom. The number of hydrogen-bond donors (Lipinski definition) is 3. The molecule has 1 saturated heterocycles. The molecule has 8 nitrogen and oxygen atoms in total. The first kappa shape index (κ1) is 22.5. The van der Waals surface area contributed by atoms with Gasteiger partial charge in [0.15, 0.2) is 5.96 Å². The van der Waals surface area contributed by atoms with Crippen LogP contribution in [0.4, 0.5) is 5.69 Å². The number of benzene rings is 1. The molecule has 0 spiro atoms. The fourth-order valence-electron chi connectivity index (χ4n) is 3.21. The van der Waals surface area contributed by atoms with Crippen LogP contribution in [0.5, 0.6) is 0 Å². The van der Waals surface area contributed by atoms with Gasteiger partial charge in [-0.15, -0.1) is 0 Å². The van der Waals surface area contributed by atoms with Crippen LogP contribution in [0.15, 0.2) is 29.3 Å². The van der Waals surface area contributed by atoms with Crippen molar-refractivity contribution >= 4 is 23.5 Å². The van der Waals surface area contributed by atoms with Crippen LogP contribution in [0.3, 0.4) is 0 Å². The number of hydrogen-bond acceptors (Lipinski definition) is 4. The summed E-state index contributed by atoms with van der Waals surface area (Å²) < 4.78 is 0. The van der Waals surface area contributed by atoms with Gasteiger partial charge in [0, 0.05) is 51.4 Å². The summed E-state index contributed by atoms with van der Waals surface area (Å²) in [6, 6.07) is 8.15.